The molecule has 62 heavy (non-hydrogen) atoms. The Morgan fingerprint density at radius 3 is 1.13 bits per heavy atom. The van der Waals surface area contributed by atoms with Gasteiger partial charge in [-0.05, 0) is 0 Å². The van der Waals surface area contributed by atoms with Crippen LogP contribution >= 0.6 is 0 Å². The molecular weight excluding hydrogens is 926 g/mol. The van der Waals surface area contributed by atoms with E-state index in [4.69, 9.17) is 0 Å². The molecule has 0 fully saturated rings. The summed E-state index contributed by atoms with van der Waals surface area (Å²) in [7, 11) is -4.93. The standard InChI is InChI=1S/C34BF25O2/c36-10-1-2-8(33(58,59)6(1)17(43)26(52)20(10)46)31(30(56)25(51)11(2)37)61-35(62-34(60)7-5(16(42)32(34)57)15(41)24(50)27(53)18(7)44)9-3(12(38)21(47)28(54)19(9)45)4-13(39)22(48)29(55)23(49)14(4)40. The van der Waals surface area contributed by atoms with Crippen molar-refractivity contribution in [2.75, 3.05) is 0 Å². The van der Waals surface area contributed by atoms with Crippen LogP contribution in [0, 0.1) is 116 Å². The highest BCUT2D eigenvalue weighted by molar-refractivity contribution is 6.64. The number of alkyl halides is 3. The molecule has 28 heteroatoms. The van der Waals surface area contributed by atoms with Crippen molar-refractivity contribution in [3.63, 3.8) is 0 Å². The Bertz CT molecular complexity index is 2920. The molecule has 1 atom stereocenters. The summed E-state index contributed by atoms with van der Waals surface area (Å²) < 4.78 is 384. The highest BCUT2D eigenvalue weighted by atomic mass is 19.3. The molecule has 2 nitrogen and oxygen atoms in total. The number of hydrogen-bond acceptors (Lipinski definition) is 2. The van der Waals surface area contributed by atoms with E-state index in [1.807, 2.05) is 0 Å². The van der Waals surface area contributed by atoms with Gasteiger partial charge in [-0.1, -0.05) is 0 Å². The zero-order valence-electron chi connectivity index (χ0n) is 27.8. The molecule has 0 radical (unpaired) electrons. The third-order valence-electron chi connectivity index (χ3n) is 9.20. The van der Waals surface area contributed by atoms with E-state index in [-0.39, 0.29) is 0 Å². The summed E-state index contributed by atoms with van der Waals surface area (Å²) in [5.74, 6) is -88.5. The van der Waals surface area contributed by atoms with Gasteiger partial charge in [0.1, 0.15) is 0 Å². The maximum atomic E-state index is 16.8. The van der Waals surface area contributed by atoms with E-state index in [9.17, 15) is 52.7 Å². The first kappa shape index (κ1) is 44.0. The molecule has 1 unspecified atom stereocenters. The third-order valence-corrected chi connectivity index (χ3v) is 9.20. The fourth-order valence-electron chi connectivity index (χ4n) is 6.52. The predicted molar refractivity (Wildman–Crippen MR) is 151 cm³/mol. The Labute approximate surface area is 322 Å². The largest absolute Gasteiger partial charge is 0.569 e. The second-order valence-corrected chi connectivity index (χ2v) is 12.4. The lowest BCUT2D eigenvalue weighted by Gasteiger charge is -2.29. The minimum atomic E-state index is -5.97. The first-order chi connectivity index (χ1) is 28.6. The van der Waals surface area contributed by atoms with Gasteiger partial charge in [0, 0.05) is 22.2 Å². The molecule has 5 aromatic rings. The maximum absolute atomic E-state index is 16.8. The topological polar surface area (TPSA) is 18.5 Å². The summed E-state index contributed by atoms with van der Waals surface area (Å²) in [6, 6.07) is 0. The van der Waals surface area contributed by atoms with Gasteiger partial charge < -0.3 is 9.31 Å². The van der Waals surface area contributed by atoms with Crippen LogP contribution in [-0.2, 0) is 16.4 Å². The smallest absolute Gasteiger partial charge is 0.530 e. The van der Waals surface area contributed by atoms with Gasteiger partial charge in [-0.15, -0.1) is 0 Å². The van der Waals surface area contributed by atoms with E-state index in [0.29, 0.717) is 0 Å². The molecular formula is C34BF25O2. The molecule has 0 N–H and O–H groups in total. The van der Waals surface area contributed by atoms with E-state index in [0.717, 1.165) is 0 Å². The average Bonchev–Trinajstić information content (AvgIpc) is 3.59. The Morgan fingerprint density at radius 2 is 0.645 bits per heavy atom. The summed E-state index contributed by atoms with van der Waals surface area (Å²) in [6.07, 6.45) is 0. The van der Waals surface area contributed by atoms with Gasteiger partial charge in [0.05, 0.1) is 27.8 Å². The first-order valence-corrected chi connectivity index (χ1v) is 15.4. The minimum absolute atomic E-state index is 2.61. The van der Waals surface area contributed by atoms with Gasteiger partial charge in [-0.25, -0.2) is 92.2 Å². The molecule has 2 aliphatic carbocycles. The van der Waals surface area contributed by atoms with Crippen molar-refractivity contribution < 1.29 is 119 Å². The fraction of sp³-hybridized carbons (Fsp3) is 0.0588. The Morgan fingerprint density at radius 1 is 0.306 bits per heavy atom. The van der Waals surface area contributed by atoms with Crippen molar-refractivity contribution in [3.05, 3.63) is 144 Å². The normalized spacial score (nSPS) is 16.3. The Hall–Kier alpha value is -6.09. The van der Waals surface area contributed by atoms with Crippen LogP contribution in [0.15, 0.2) is 5.83 Å². The lowest BCUT2D eigenvalue weighted by molar-refractivity contribution is -0.0623. The van der Waals surface area contributed by atoms with Gasteiger partial charge in [-0.3, -0.25) is 0 Å². The summed E-state index contributed by atoms with van der Waals surface area (Å²) in [5.41, 5.74) is -26.7. The lowest BCUT2D eigenvalue weighted by atomic mass is 9.72. The van der Waals surface area contributed by atoms with E-state index in [1.54, 1.807) is 0 Å². The maximum Gasteiger partial charge on any atom is 0.569 e. The molecule has 5 aromatic carbocycles. The van der Waals surface area contributed by atoms with Crippen LogP contribution in [0.4, 0.5) is 110 Å². The molecule has 2 aliphatic rings. The summed E-state index contributed by atoms with van der Waals surface area (Å²) >= 11 is 0. The number of halogens is 25. The molecule has 0 amide bonds. The molecule has 0 heterocycles. The second-order valence-electron chi connectivity index (χ2n) is 12.4. The van der Waals surface area contributed by atoms with E-state index in [1.165, 1.54) is 0 Å². The van der Waals surface area contributed by atoms with Crippen molar-refractivity contribution in [3.8, 4) is 28.0 Å². The van der Waals surface area contributed by atoms with Gasteiger partial charge in [0.2, 0.25) is 17.5 Å². The molecule has 0 saturated carbocycles. The minimum Gasteiger partial charge on any atom is -0.530 e. The molecule has 0 aliphatic heterocycles. The number of rotatable bonds is 6. The average molecular weight is 926 g/mol. The van der Waals surface area contributed by atoms with Crippen LogP contribution in [0.2, 0.25) is 0 Å². The molecule has 0 bridgehead atoms. The van der Waals surface area contributed by atoms with Crippen LogP contribution in [0.1, 0.15) is 22.3 Å². The summed E-state index contributed by atoms with van der Waals surface area (Å²) in [6.45, 7) is 0. The number of hydrogen-bond donors (Lipinski definition) is 0. The monoisotopic (exact) mass is 926 g/mol. The first-order valence-electron chi connectivity index (χ1n) is 15.4. The van der Waals surface area contributed by atoms with Crippen LogP contribution in [0.5, 0.6) is 5.75 Å². The number of benzene rings is 5. The second kappa shape index (κ2) is 14.0. The molecule has 0 aromatic heterocycles. The molecule has 0 spiro atoms. The highest BCUT2D eigenvalue weighted by Crippen LogP contribution is 2.59. The molecule has 7 rings (SSSR count). The Kier molecular flexibility index (Phi) is 9.91. The van der Waals surface area contributed by atoms with E-state index >= 15 is 57.1 Å². The van der Waals surface area contributed by atoms with Gasteiger partial charge in [0.15, 0.2) is 116 Å². The van der Waals surface area contributed by atoms with Crippen LogP contribution in [-0.4, -0.2) is 7.12 Å². The summed E-state index contributed by atoms with van der Waals surface area (Å²) in [4.78, 5) is 0. The van der Waals surface area contributed by atoms with Gasteiger partial charge >= 0.3 is 13.0 Å². The van der Waals surface area contributed by atoms with Crippen molar-refractivity contribution in [1.82, 2.24) is 0 Å². The molecule has 0 saturated heterocycles. The van der Waals surface area contributed by atoms with E-state index in [2.05, 4.69) is 9.31 Å². The van der Waals surface area contributed by atoms with E-state index < -0.39 is 203 Å². The van der Waals surface area contributed by atoms with Crippen molar-refractivity contribution >= 4 is 18.4 Å². The van der Waals surface area contributed by atoms with Crippen molar-refractivity contribution in [1.29, 1.82) is 0 Å². The zero-order valence-corrected chi connectivity index (χ0v) is 27.8. The SMILES string of the molecule is FC1=C(F)C(F)(OB(Oc2c(F)c(F)c(F)c3c2C(F)(F)c2c(F)c(F)c(F)c(F)c2-3)c2c(F)c(F)c(F)c(F)c2-c2c(F)c(F)c(F)c(F)c2F)c2c(F)c(F)c(F)c(F)c21. The van der Waals surface area contributed by atoms with Crippen LogP contribution in [0.3, 0.4) is 0 Å². The quantitative estimate of drug-likeness (QED) is 0.0731. The van der Waals surface area contributed by atoms with Gasteiger partial charge in [-0.2, -0.15) is 17.6 Å². The third kappa shape index (κ3) is 5.42. The van der Waals surface area contributed by atoms with Gasteiger partial charge in [0.25, 0.3) is 5.85 Å². The zero-order chi connectivity index (χ0) is 46.5. The highest BCUT2D eigenvalue weighted by Gasteiger charge is 2.60. The van der Waals surface area contributed by atoms with Crippen LogP contribution < -0.4 is 10.1 Å². The molecule has 326 valence electrons. The van der Waals surface area contributed by atoms with Crippen molar-refractivity contribution in [2.24, 2.45) is 0 Å². The summed E-state index contributed by atoms with van der Waals surface area (Å²) in [5, 5.41) is 0. The lowest BCUT2D eigenvalue weighted by Crippen LogP contribution is -2.49. The van der Waals surface area contributed by atoms with Crippen LogP contribution in [0.25, 0.3) is 28.1 Å². The van der Waals surface area contributed by atoms with Crippen molar-refractivity contribution in [2.45, 2.75) is 11.8 Å². The fourth-order valence-corrected chi connectivity index (χ4v) is 6.52. The predicted octanol–water partition coefficient (Wildman–Crippen LogP) is 11.5. The Balaban J connectivity index is 1.65. The number of fused-ring (bicyclic) bond motifs is 4.